The quantitative estimate of drug-likeness (QED) is 0.827. The molecule has 1 amide bonds. The Morgan fingerprint density at radius 3 is 2.75 bits per heavy atom. The number of hydrogen-bond acceptors (Lipinski definition) is 4. The molecular formula is C10H12N4O2. The van der Waals surface area contributed by atoms with Crippen LogP contribution in [0.1, 0.15) is 21.9 Å². The number of rotatable bonds is 2. The van der Waals surface area contributed by atoms with Crippen molar-refractivity contribution in [3.05, 3.63) is 29.4 Å². The highest BCUT2D eigenvalue weighted by Crippen LogP contribution is 2.19. The normalized spacial score (nSPS) is 10.4. The second-order valence-electron chi connectivity index (χ2n) is 3.49. The van der Waals surface area contributed by atoms with E-state index in [-0.39, 0.29) is 5.91 Å². The summed E-state index contributed by atoms with van der Waals surface area (Å²) in [5.41, 5.74) is 1.76. The molecule has 2 rings (SSSR count). The van der Waals surface area contributed by atoms with Gasteiger partial charge in [-0.05, 0) is 19.9 Å². The number of amides is 1. The van der Waals surface area contributed by atoms with Gasteiger partial charge in [-0.2, -0.15) is 5.10 Å². The van der Waals surface area contributed by atoms with Gasteiger partial charge in [0.2, 0.25) is 0 Å². The molecule has 0 atom stereocenters. The third kappa shape index (κ3) is 1.69. The molecule has 0 fully saturated rings. The minimum atomic E-state index is -0.227. The number of carbonyl (C=O) groups is 1. The van der Waals surface area contributed by atoms with E-state index in [0.29, 0.717) is 22.8 Å². The summed E-state index contributed by atoms with van der Waals surface area (Å²) in [6.45, 7) is 3.52. The van der Waals surface area contributed by atoms with E-state index >= 15 is 0 Å². The first-order valence-corrected chi connectivity index (χ1v) is 4.82. The zero-order valence-electron chi connectivity index (χ0n) is 9.31. The molecular weight excluding hydrogens is 208 g/mol. The van der Waals surface area contributed by atoms with Crippen LogP contribution in [0.5, 0.6) is 0 Å². The number of carbonyl (C=O) groups excluding carboxylic acids is 1. The zero-order valence-corrected chi connectivity index (χ0v) is 9.31. The Morgan fingerprint density at radius 2 is 2.25 bits per heavy atom. The van der Waals surface area contributed by atoms with Gasteiger partial charge in [0, 0.05) is 13.2 Å². The number of hydrogen-bond donors (Lipinski definition) is 1. The molecule has 0 aromatic carbocycles. The topological polar surface area (TPSA) is 73.0 Å². The largest absolute Gasteiger partial charge is 0.359 e. The van der Waals surface area contributed by atoms with E-state index in [1.165, 1.54) is 4.68 Å². The van der Waals surface area contributed by atoms with Gasteiger partial charge in [-0.15, -0.1) is 0 Å². The summed E-state index contributed by atoms with van der Waals surface area (Å²) < 4.78 is 6.46. The van der Waals surface area contributed by atoms with Crippen LogP contribution in [0.25, 0.3) is 0 Å². The van der Waals surface area contributed by atoms with Gasteiger partial charge in [0.15, 0.2) is 5.76 Å². The second kappa shape index (κ2) is 3.80. The summed E-state index contributed by atoms with van der Waals surface area (Å²) in [5.74, 6) is 0.363. The van der Waals surface area contributed by atoms with Gasteiger partial charge in [-0.1, -0.05) is 5.16 Å². The van der Waals surface area contributed by atoms with E-state index in [9.17, 15) is 4.79 Å². The molecule has 2 heterocycles. The summed E-state index contributed by atoms with van der Waals surface area (Å²) in [7, 11) is 1.71. The van der Waals surface area contributed by atoms with Crippen LogP contribution in [0.4, 0.5) is 5.69 Å². The summed E-state index contributed by atoms with van der Waals surface area (Å²) in [5, 5.41) is 10.4. The Labute approximate surface area is 92.2 Å². The molecule has 6 nitrogen and oxygen atoms in total. The molecule has 84 valence electrons. The average Bonchev–Trinajstić information content (AvgIpc) is 2.79. The SMILES string of the molecule is Cc1noc(C)c1NC(=O)c1ccnn1C. The molecule has 0 bridgehead atoms. The van der Waals surface area contributed by atoms with Crippen LogP contribution in [0.2, 0.25) is 0 Å². The molecule has 0 aliphatic carbocycles. The van der Waals surface area contributed by atoms with Crippen LogP contribution >= 0.6 is 0 Å². The van der Waals surface area contributed by atoms with Crippen molar-refractivity contribution >= 4 is 11.6 Å². The molecule has 2 aromatic heterocycles. The monoisotopic (exact) mass is 220 g/mol. The molecule has 0 spiro atoms. The fraction of sp³-hybridized carbons (Fsp3) is 0.300. The third-order valence-corrected chi connectivity index (χ3v) is 2.33. The van der Waals surface area contributed by atoms with E-state index in [0.717, 1.165) is 0 Å². The van der Waals surface area contributed by atoms with Gasteiger partial charge in [-0.25, -0.2) is 0 Å². The minimum Gasteiger partial charge on any atom is -0.359 e. The molecule has 0 radical (unpaired) electrons. The Bertz CT molecular complexity index is 507. The van der Waals surface area contributed by atoms with Crippen molar-refractivity contribution in [1.82, 2.24) is 14.9 Å². The van der Waals surface area contributed by atoms with Crippen molar-refractivity contribution in [1.29, 1.82) is 0 Å². The van der Waals surface area contributed by atoms with Crippen molar-refractivity contribution < 1.29 is 9.32 Å². The fourth-order valence-corrected chi connectivity index (χ4v) is 1.44. The summed E-state index contributed by atoms with van der Waals surface area (Å²) >= 11 is 0. The van der Waals surface area contributed by atoms with Crippen LogP contribution in [-0.4, -0.2) is 20.8 Å². The highest BCUT2D eigenvalue weighted by molar-refractivity contribution is 6.03. The predicted octanol–water partition coefficient (Wildman–Crippen LogP) is 1.28. The maximum Gasteiger partial charge on any atom is 0.274 e. The first-order chi connectivity index (χ1) is 7.59. The Morgan fingerprint density at radius 1 is 1.50 bits per heavy atom. The summed E-state index contributed by atoms with van der Waals surface area (Å²) in [6, 6.07) is 1.65. The van der Waals surface area contributed by atoms with Gasteiger partial charge in [0.1, 0.15) is 17.1 Å². The lowest BCUT2D eigenvalue weighted by Gasteiger charge is -2.03. The van der Waals surface area contributed by atoms with Gasteiger partial charge in [0.05, 0.1) is 0 Å². The predicted molar refractivity (Wildman–Crippen MR) is 57.1 cm³/mol. The van der Waals surface area contributed by atoms with Gasteiger partial charge in [-0.3, -0.25) is 9.48 Å². The van der Waals surface area contributed by atoms with Crippen LogP contribution in [0.3, 0.4) is 0 Å². The van der Waals surface area contributed by atoms with E-state index in [4.69, 9.17) is 4.52 Å². The molecule has 0 unspecified atom stereocenters. The summed E-state index contributed by atoms with van der Waals surface area (Å²) in [4.78, 5) is 11.9. The van der Waals surface area contributed by atoms with Gasteiger partial charge >= 0.3 is 0 Å². The number of nitrogens with zero attached hydrogens (tertiary/aromatic N) is 3. The fourth-order valence-electron chi connectivity index (χ4n) is 1.44. The van der Waals surface area contributed by atoms with Gasteiger partial charge < -0.3 is 9.84 Å². The minimum absolute atomic E-state index is 0.227. The molecule has 6 heteroatoms. The Balaban J connectivity index is 2.24. The van der Waals surface area contributed by atoms with E-state index in [1.54, 1.807) is 33.2 Å². The maximum absolute atomic E-state index is 11.9. The Hall–Kier alpha value is -2.11. The molecule has 1 N–H and O–H groups in total. The third-order valence-electron chi connectivity index (χ3n) is 2.33. The van der Waals surface area contributed by atoms with Crippen molar-refractivity contribution in [2.45, 2.75) is 13.8 Å². The van der Waals surface area contributed by atoms with Crippen LogP contribution in [-0.2, 0) is 7.05 Å². The summed E-state index contributed by atoms with van der Waals surface area (Å²) in [6.07, 6.45) is 1.57. The van der Waals surface area contributed by atoms with Crippen LogP contribution in [0.15, 0.2) is 16.8 Å². The lowest BCUT2D eigenvalue weighted by Crippen LogP contribution is -2.16. The van der Waals surface area contributed by atoms with Crippen molar-refractivity contribution in [2.24, 2.45) is 7.05 Å². The molecule has 0 saturated heterocycles. The van der Waals surface area contributed by atoms with Gasteiger partial charge in [0.25, 0.3) is 5.91 Å². The van der Waals surface area contributed by atoms with Crippen molar-refractivity contribution in [3.8, 4) is 0 Å². The van der Waals surface area contributed by atoms with E-state index in [2.05, 4.69) is 15.6 Å². The Kier molecular flexibility index (Phi) is 2.47. The molecule has 0 saturated carbocycles. The zero-order chi connectivity index (χ0) is 11.7. The molecule has 16 heavy (non-hydrogen) atoms. The lowest BCUT2D eigenvalue weighted by atomic mass is 10.3. The van der Waals surface area contributed by atoms with Crippen LogP contribution in [0, 0.1) is 13.8 Å². The van der Waals surface area contributed by atoms with E-state index in [1.807, 2.05) is 0 Å². The number of aromatic nitrogens is 3. The highest BCUT2D eigenvalue weighted by atomic mass is 16.5. The average molecular weight is 220 g/mol. The molecule has 2 aromatic rings. The number of nitrogens with one attached hydrogen (secondary N) is 1. The van der Waals surface area contributed by atoms with E-state index < -0.39 is 0 Å². The lowest BCUT2D eigenvalue weighted by molar-refractivity contribution is 0.101. The highest BCUT2D eigenvalue weighted by Gasteiger charge is 2.15. The smallest absolute Gasteiger partial charge is 0.274 e. The van der Waals surface area contributed by atoms with Crippen molar-refractivity contribution in [3.63, 3.8) is 0 Å². The first-order valence-electron chi connectivity index (χ1n) is 4.82. The maximum atomic E-state index is 11.9. The van der Waals surface area contributed by atoms with Crippen molar-refractivity contribution in [2.75, 3.05) is 5.32 Å². The number of anilines is 1. The molecule has 0 aliphatic heterocycles. The first kappa shape index (κ1) is 10.4. The van der Waals surface area contributed by atoms with Crippen LogP contribution < -0.4 is 5.32 Å². The number of aryl methyl sites for hydroxylation is 3. The second-order valence-corrected chi connectivity index (χ2v) is 3.49. The standard InChI is InChI=1S/C10H12N4O2/c1-6-9(7(2)16-13-6)12-10(15)8-4-5-11-14(8)3/h4-5H,1-3H3,(H,12,15). The molecule has 0 aliphatic rings.